The van der Waals surface area contributed by atoms with Crippen LogP contribution in [0.1, 0.15) is 51.3 Å². The second-order valence-corrected chi connectivity index (χ2v) is 12.3. The molecule has 200 valence electrons. The molecule has 1 atom stereocenters. The SMILES string of the molecule is COCCn1c(CN(C[C@@H]2CCCO2)C(=O)CC(C)(C)C)cnc1S(=O)(=O)Cc1cccc(OC)c1. The van der Waals surface area contributed by atoms with Gasteiger partial charge in [0.25, 0.3) is 0 Å². The number of amides is 1. The number of sulfone groups is 1. The van der Waals surface area contributed by atoms with Gasteiger partial charge in [0.05, 0.1) is 44.0 Å². The fraction of sp³-hybridized carbons (Fsp3) is 0.615. The van der Waals surface area contributed by atoms with Gasteiger partial charge >= 0.3 is 0 Å². The van der Waals surface area contributed by atoms with Crippen molar-refractivity contribution in [3.63, 3.8) is 0 Å². The van der Waals surface area contributed by atoms with Gasteiger partial charge in [0, 0.05) is 33.2 Å². The van der Waals surface area contributed by atoms with E-state index in [1.54, 1.807) is 54.1 Å². The van der Waals surface area contributed by atoms with Crippen LogP contribution in [-0.2, 0) is 42.9 Å². The van der Waals surface area contributed by atoms with Crippen molar-refractivity contribution < 1.29 is 27.4 Å². The van der Waals surface area contributed by atoms with E-state index in [0.29, 0.717) is 49.7 Å². The molecule has 1 aromatic carbocycles. The molecule has 36 heavy (non-hydrogen) atoms. The smallest absolute Gasteiger partial charge is 0.228 e. The van der Waals surface area contributed by atoms with Crippen molar-refractivity contribution in [2.24, 2.45) is 5.41 Å². The van der Waals surface area contributed by atoms with Crippen LogP contribution in [-0.4, -0.2) is 68.9 Å². The highest BCUT2D eigenvalue weighted by molar-refractivity contribution is 7.90. The Kier molecular flexibility index (Phi) is 9.54. The van der Waals surface area contributed by atoms with Crippen molar-refractivity contribution in [2.45, 2.75) is 70.1 Å². The molecule has 0 saturated carbocycles. The molecule has 1 aromatic heterocycles. The van der Waals surface area contributed by atoms with E-state index in [0.717, 1.165) is 12.8 Å². The molecule has 0 bridgehead atoms. The van der Waals surface area contributed by atoms with E-state index in [-0.39, 0.29) is 34.9 Å². The molecule has 0 radical (unpaired) electrons. The highest BCUT2D eigenvalue weighted by Crippen LogP contribution is 2.25. The van der Waals surface area contributed by atoms with Gasteiger partial charge in [0.1, 0.15) is 5.75 Å². The second-order valence-electron chi connectivity index (χ2n) is 10.4. The van der Waals surface area contributed by atoms with Crippen molar-refractivity contribution in [2.75, 3.05) is 34.0 Å². The van der Waals surface area contributed by atoms with Crippen molar-refractivity contribution in [1.82, 2.24) is 14.5 Å². The van der Waals surface area contributed by atoms with E-state index in [1.807, 2.05) is 20.8 Å². The lowest BCUT2D eigenvalue weighted by Gasteiger charge is -2.29. The zero-order chi connectivity index (χ0) is 26.3. The Morgan fingerprint density at radius 3 is 2.69 bits per heavy atom. The molecule has 1 aliphatic rings. The first-order valence-electron chi connectivity index (χ1n) is 12.3. The third-order valence-corrected chi connectivity index (χ3v) is 7.62. The molecule has 2 heterocycles. The highest BCUT2D eigenvalue weighted by Gasteiger charge is 2.29. The van der Waals surface area contributed by atoms with Crippen LogP contribution in [0.15, 0.2) is 35.6 Å². The summed E-state index contributed by atoms with van der Waals surface area (Å²) in [5, 5.41) is -0.0299. The minimum Gasteiger partial charge on any atom is -0.497 e. The number of hydrogen-bond donors (Lipinski definition) is 0. The molecule has 0 aliphatic carbocycles. The third kappa shape index (κ3) is 7.78. The molecule has 3 rings (SSSR count). The largest absolute Gasteiger partial charge is 0.497 e. The van der Waals surface area contributed by atoms with E-state index in [2.05, 4.69) is 4.98 Å². The number of hydrogen-bond acceptors (Lipinski definition) is 7. The topological polar surface area (TPSA) is 100.0 Å². The van der Waals surface area contributed by atoms with Gasteiger partial charge in [-0.2, -0.15) is 0 Å². The number of methoxy groups -OCH3 is 2. The Hall–Kier alpha value is -2.43. The highest BCUT2D eigenvalue weighted by atomic mass is 32.2. The standard InChI is InChI=1S/C26H39N3O6S/c1-26(2,3)15-24(30)28(18-23-10-7-12-35-23)17-21-16-27-25(29(21)11-13-33-4)36(31,32)19-20-8-6-9-22(14-20)34-5/h6,8-9,14,16,23H,7,10-13,15,17-19H2,1-5H3/t23-/m0/s1. The Balaban J connectivity index is 1.90. The average Bonchev–Trinajstić information content (AvgIpc) is 3.46. The first-order valence-corrected chi connectivity index (χ1v) is 14.0. The Morgan fingerprint density at radius 2 is 2.06 bits per heavy atom. The van der Waals surface area contributed by atoms with E-state index < -0.39 is 9.84 Å². The monoisotopic (exact) mass is 521 g/mol. The van der Waals surface area contributed by atoms with Crippen LogP contribution in [0.4, 0.5) is 0 Å². The fourth-order valence-corrected chi connectivity index (χ4v) is 5.79. The van der Waals surface area contributed by atoms with E-state index >= 15 is 0 Å². The minimum absolute atomic E-state index is 0.0123. The number of aromatic nitrogens is 2. The molecule has 10 heteroatoms. The number of rotatable bonds is 12. The van der Waals surface area contributed by atoms with Gasteiger partial charge in [-0.05, 0) is 36.0 Å². The van der Waals surface area contributed by atoms with Gasteiger partial charge in [0.2, 0.25) is 20.9 Å². The Labute approximate surface area is 214 Å². The van der Waals surface area contributed by atoms with E-state index in [4.69, 9.17) is 14.2 Å². The number of nitrogens with zero attached hydrogens (tertiary/aromatic N) is 3. The normalized spacial score (nSPS) is 16.3. The molecule has 1 aliphatic heterocycles. The summed E-state index contributed by atoms with van der Waals surface area (Å²) in [6.45, 7) is 8.12. The summed E-state index contributed by atoms with van der Waals surface area (Å²) in [6.07, 6.45) is 3.81. The summed E-state index contributed by atoms with van der Waals surface area (Å²) in [5.41, 5.74) is 1.09. The van der Waals surface area contributed by atoms with Gasteiger partial charge in [-0.3, -0.25) is 4.79 Å². The zero-order valence-corrected chi connectivity index (χ0v) is 22.8. The maximum Gasteiger partial charge on any atom is 0.228 e. The first kappa shape index (κ1) is 28.1. The number of carbonyl (C=O) groups is 1. The van der Waals surface area contributed by atoms with E-state index in [1.165, 1.54) is 0 Å². The fourth-order valence-electron chi connectivity index (χ4n) is 4.28. The summed E-state index contributed by atoms with van der Waals surface area (Å²) < 4.78 is 44.8. The molecule has 9 nitrogen and oxygen atoms in total. The van der Waals surface area contributed by atoms with Gasteiger partial charge < -0.3 is 23.7 Å². The van der Waals surface area contributed by atoms with Gasteiger partial charge in [-0.15, -0.1) is 0 Å². The molecular weight excluding hydrogens is 482 g/mol. The average molecular weight is 522 g/mol. The van der Waals surface area contributed by atoms with E-state index in [9.17, 15) is 13.2 Å². The zero-order valence-electron chi connectivity index (χ0n) is 22.0. The maximum absolute atomic E-state index is 13.4. The lowest BCUT2D eigenvalue weighted by Crippen LogP contribution is -2.39. The number of ether oxygens (including phenoxy) is 3. The Bertz CT molecular complexity index is 1120. The lowest BCUT2D eigenvalue weighted by atomic mass is 9.91. The first-order chi connectivity index (χ1) is 17.0. The van der Waals surface area contributed by atoms with Crippen molar-refractivity contribution >= 4 is 15.7 Å². The quantitative estimate of drug-likeness (QED) is 0.422. The second kappa shape index (κ2) is 12.2. The van der Waals surface area contributed by atoms with Crippen LogP contribution >= 0.6 is 0 Å². The summed E-state index contributed by atoms with van der Waals surface area (Å²) in [7, 11) is -0.664. The van der Waals surface area contributed by atoms with Crippen LogP contribution in [0.25, 0.3) is 0 Å². The molecule has 0 spiro atoms. The molecular formula is C26H39N3O6S. The molecule has 0 unspecified atom stereocenters. The number of benzene rings is 1. The number of imidazole rings is 1. The van der Waals surface area contributed by atoms with Gasteiger partial charge in [-0.1, -0.05) is 32.9 Å². The van der Waals surface area contributed by atoms with Crippen LogP contribution in [0, 0.1) is 5.41 Å². The lowest BCUT2D eigenvalue weighted by molar-refractivity contribution is -0.135. The predicted octanol–water partition coefficient (Wildman–Crippen LogP) is 3.46. The van der Waals surface area contributed by atoms with Crippen LogP contribution in [0.5, 0.6) is 5.75 Å². The van der Waals surface area contributed by atoms with Crippen LogP contribution in [0.3, 0.4) is 0 Å². The summed E-state index contributed by atoms with van der Waals surface area (Å²) in [4.78, 5) is 19.4. The minimum atomic E-state index is -3.77. The summed E-state index contributed by atoms with van der Waals surface area (Å²) in [6, 6.07) is 6.98. The predicted molar refractivity (Wildman–Crippen MR) is 136 cm³/mol. The van der Waals surface area contributed by atoms with Crippen molar-refractivity contribution in [3.8, 4) is 5.75 Å². The molecule has 1 amide bonds. The molecule has 2 aromatic rings. The Morgan fingerprint density at radius 1 is 1.28 bits per heavy atom. The molecule has 1 saturated heterocycles. The van der Waals surface area contributed by atoms with Crippen LogP contribution in [0.2, 0.25) is 0 Å². The summed E-state index contributed by atoms with van der Waals surface area (Å²) in [5.74, 6) is 0.391. The van der Waals surface area contributed by atoms with Crippen LogP contribution < -0.4 is 4.74 Å². The third-order valence-electron chi connectivity index (χ3n) is 6.02. The maximum atomic E-state index is 13.4. The number of carbonyl (C=O) groups excluding carboxylic acids is 1. The summed E-state index contributed by atoms with van der Waals surface area (Å²) >= 11 is 0. The molecule has 1 fully saturated rings. The van der Waals surface area contributed by atoms with Crippen molar-refractivity contribution in [3.05, 3.63) is 41.7 Å². The molecule has 0 N–H and O–H groups in total. The van der Waals surface area contributed by atoms with Crippen molar-refractivity contribution in [1.29, 1.82) is 0 Å². The van der Waals surface area contributed by atoms with Gasteiger partial charge in [-0.25, -0.2) is 13.4 Å². The van der Waals surface area contributed by atoms with Gasteiger partial charge in [0.15, 0.2) is 0 Å².